The lowest BCUT2D eigenvalue weighted by Crippen LogP contribution is -3.12. The molecule has 0 saturated carbocycles. The summed E-state index contributed by atoms with van der Waals surface area (Å²) in [6.45, 7) is 8.06. The number of quaternary nitrogens is 2. The van der Waals surface area contributed by atoms with Gasteiger partial charge in [-0.2, -0.15) is 0 Å². The Bertz CT molecular complexity index is 564. The van der Waals surface area contributed by atoms with Crippen LogP contribution in [0, 0.1) is 10.1 Å². The molecule has 0 spiro atoms. The van der Waals surface area contributed by atoms with Crippen LogP contribution >= 0.6 is 0 Å². The number of rotatable bonds is 3. The molecule has 1 aromatic rings. The average Bonchev–Trinajstić information content (AvgIpc) is 2.55. The zero-order valence-electron chi connectivity index (χ0n) is 14.0. The van der Waals surface area contributed by atoms with Crippen molar-refractivity contribution in [2.24, 2.45) is 0 Å². The number of likely N-dealkylation sites (N-methyl/N-ethyl adjacent to an activating group) is 2. The van der Waals surface area contributed by atoms with Crippen molar-refractivity contribution in [3.8, 4) is 0 Å². The van der Waals surface area contributed by atoms with E-state index in [0.29, 0.717) is 0 Å². The Labute approximate surface area is 137 Å². The van der Waals surface area contributed by atoms with E-state index in [4.69, 9.17) is 0 Å². The maximum absolute atomic E-state index is 11.4. The first-order chi connectivity index (χ1) is 11.0. The summed E-state index contributed by atoms with van der Waals surface area (Å²) in [6.07, 6.45) is 0. The summed E-state index contributed by atoms with van der Waals surface area (Å²) in [5.74, 6) is 0. The minimum Gasteiger partial charge on any atom is -0.360 e. The minimum absolute atomic E-state index is 0.230. The van der Waals surface area contributed by atoms with Gasteiger partial charge in [0.2, 0.25) is 0 Å². The fourth-order valence-corrected chi connectivity index (χ4v) is 3.39. The highest BCUT2D eigenvalue weighted by atomic mass is 16.6. The van der Waals surface area contributed by atoms with Gasteiger partial charge < -0.3 is 19.6 Å². The Morgan fingerprint density at radius 2 is 1.48 bits per heavy atom. The molecule has 2 aliphatic heterocycles. The molecule has 0 unspecified atom stereocenters. The Morgan fingerprint density at radius 3 is 2.00 bits per heavy atom. The van der Waals surface area contributed by atoms with Crippen molar-refractivity contribution in [2.45, 2.75) is 0 Å². The molecule has 0 bridgehead atoms. The molecule has 0 aliphatic carbocycles. The van der Waals surface area contributed by atoms with Gasteiger partial charge >= 0.3 is 0 Å². The molecule has 2 fully saturated rings. The Morgan fingerprint density at radius 1 is 0.957 bits per heavy atom. The van der Waals surface area contributed by atoms with Crippen LogP contribution in [0.1, 0.15) is 0 Å². The fourth-order valence-electron chi connectivity index (χ4n) is 3.39. The van der Waals surface area contributed by atoms with Gasteiger partial charge in [0.05, 0.1) is 71.4 Å². The predicted octanol–water partition coefficient (Wildman–Crippen LogP) is -1.74. The molecule has 3 rings (SSSR count). The van der Waals surface area contributed by atoms with E-state index >= 15 is 0 Å². The van der Waals surface area contributed by atoms with Gasteiger partial charge in [0, 0.05) is 11.8 Å². The SMILES string of the molecule is C[NH+]1CCN(c2ccc([N+](=O)[O-])c(N3CC[NH+](C)CC3)c2)CC1. The Hall–Kier alpha value is -1.86. The second kappa shape index (κ2) is 6.72. The number of nitro groups is 1. The van der Waals surface area contributed by atoms with Gasteiger partial charge in [-0.15, -0.1) is 0 Å². The van der Waals surface area contributed by atoms with E-state index in [1.807, 2.05) is 12.1 Å². The largest absolute Gasteiger partial charge is 0.360 e. The number of hydrogen-bond acceptors (Lipinski definition) is 4. The van der Waals surface area contributed by atoms with Gasteiger partial charge in [0.15, 0.2) is 0 Å². The van der Waals surface area contributed by atoms with Crippen LogP contribution < -0.4 is 19.6 Å². The lowest BCUT2D eigenvalue weighted by atomic mass is 10.1. The highest BCUT2D eigenvalue weighted by Crippen LogP contribution is 2.32. The van der Waals surface area contributed by atoms with E-state index < -0.39 is 0 Å². The molecule has 126 valence electrons. The highest BCUT2D eigenvalue weighted by Gasteiger charge is 2.26. The van der Waals surface area contributed by atoms with Crippen LogP contribution in [0.4, 0.5) is 17.1 Å². The highest BCUT2D eigenvalue weighted by molar-refractivity contribution is 5.70. The maximum atomic E-state index is 11.4. The first kappa shape index (κ1) is 16.0. The maximum Gasteiger partial charge on any atom is 0.292 e. The molecule has 2 saturated heterocycles. The molecule has 7 heteroatoms. The van der Waals surface area contributed by atoms with E-state index in [0.717, 1.165) is 63.7 Å². The van der Waals surface area contributed by atoms with E-state index in [2.05, 4.69) is 23.9 Å². The molecule has 23 heavy (non-hydrogen) atoms. The van der Waals surface area contributed by atoms with Crippen molar-refractivity contribution in [1.82, 2.24) is 0 Å². The Balaban J connectivity index is 1.86. The van der Waals surface area contributed by atoms with Crippen LogP contribution in [0.2, 0.25) is 0 Å². The zero-order chi connectivity index (χ0) is 16.4. The van der Waals surface area contributed by atoms with Crippen LogP contribution in [0.3, 0.4) is 0 Å². The quantitative estimate of drug-likeness (QED) is 0.513. The summed E-state index contributed by atoms with van der Waals surface area (Å²) in [5, 5.41) is 11.4. The predicted molar refractivity (Wildman–Crippen MR) is 90.8 cm³/mol. The van der Waals surface area contributed by atoms with Crippen molar-refractivity contribution in [3.05, 3.63) is 28.3 Å². The van der Waals surface area contributed by atoms with Crippen molar-refractivity contribution in [1.29, 1.82) is 0 Å². The molecule has 2 N–H and O–H groups in total. The normalized spacial score (nSPS) is 20.8. The summed E-state index contributed by atoms with van der Waals surface area (Å²) >= 11 is 0. The molecule has 2 aliphatic rings. The zero-order valence-corrected chi connectivity index (χ0v) is 14.0. The third-order valence-corrected chi connectivity index (χ3v) is 5.10. The summed E-state index contributed by atoms with van der Waals surface area (Å²) in [5.41, 5.74) is 2.13. The lowest BCUT2D eigenvalue weighted by Gasteiger charge is -2.34. The molecule has 7 nitrogen and oxygen atoms in total. The van der Waals surface area contributed by atoms with Gasteiger partial charge in [0.1, 0.15) is 5.69 Å². The van der Waals surface area contributed by atoms with Gasteiger partial charge in [0.25, 0.3) is 5.69 Å². The standard InChI is InChI=1S/C16H25N5O2/c1-17-5-9-19(10-6-17)14-3-4-15(21(22)23)16(13-14)20-11-7-18(2)8-12-20/h3-4,13H,5-12H2,1-2H3/p+2. The van der Waals surface area contributed by atoms with E-state index in [1.54, 1.807) is 11.0 Å². The van der Waals surface area contributed by atoms with Crippen molar-refractivity contribution < 1.29 is 14.7 Å². The fraction of sp³-hybridized carbons (Fsp3) is 0.625. The lowest BCUT2D eigenvalue weighted by molar-refractivity contribution is -0.880. The van der Waals surface area contributed by atoms with Crippen LogP contribution in [-0.2, 0) is 0 Å². The average molecular weight is 321 g/mol. The molecule has 0 amide bonds. The smallest absolute Gasteiger partial charge is 0.292 e. The van der Waals surface area contributed by atoms with Crippen molar-refractivity contribution in [3.63, 3.8) is 0 Å². The molecule has 1 aromatic carbocycles. The number of nitrogens with zero attached hydrogens (tertiary/aromatic N) is 3. The van der Waals surface area contributed by atoms with Crippen LogP contribution in [-0.4, -0.2) is 71.4 Å². The number of piperazine rings is 2. The van der Waals surface area contributed by atoms with Crippen LogP contribution in [0.25, 0.3) is 0 Å². The first-order valence-corrected chi connectivity index (χ1v) is 8.45. The molecule has 0 aromatic heterocycles. The van der Waals surface area contributed by atoms with Gasteiger partial charge in [-0.05, 0) is 12.1 Å². The Kier molecular flexibility index (Phi) is 4.68. The van der Waals surface area contributed by atoms with Crippen LogP contribution in [0.5, 0.6) is 0 Å². The van der Waals surface area contributed by atoms with E-state index in [1.165, 1.54) is 4.90 Å². The monoisotopic (exact) mass is 321 g/mol. The number of anilines is 2. The second-order valence-electron chi connectivity index (χ2n) is 6.82. The number of nitro benzene ring substituents is 1. The van der Waals surface area contributed by atoms with E-state index in [-0.39, 0.29) is 10.6 Å². The number of hydrogen-bond donors (Lipinski definition) is 2. The third kappa shape index (κ3) is 3.56. The van der Waals surface area contributed by atoms with Gasteiger partial charge in [-0.3, -0.25) is 10.1 Å². The number of benzene rings is 1. The molecular formula is C16H27N5O2+2. The molecule has 0 radical (unpaired) electrons. The summed E-state index contributed by atoms with van der Waals surface area (Å²) < 4.78 is 0. The summed E-state index contributed by atoms with van der Waals surface area (Å²) in [7, 11) is 4.39. The summed E-state index contributed by atoms with van der Waals surface area (Å²) in [4.78, 5) is 18.7. The molecule has 2 heterocycles. The van der Waals surface area contributed by atoms with Crippen LogP contribution in [0.15, 0.2) is 18.2 Å². The van der Waals surface area contributed by atoms with Gasteiger partial charge in [-0.25, -0.2) is 0 Å². The van der Waals surface area contributed by atoms with Gasteiger partial charge in [-0.1, -0.05) is 0 Å². The van der Waals surface area contributed by atoms with Crippen molar-refractivity contribution in [2.75, 3.05) is 76.3 Å². The molecule has 0 atom stereocenters. The second-order valence-corrected chi connectivity index (χ2v) is 6.82. The topological polar surface area (TPSA) is 58.5 Å². The first-order valence-electron chi connectivity index (χ1n) is 8.45. The van der Waals surface area contributed by atoms with E-state index in [9.17, 15) is 10.1 Å². The summed E-state index contributed by atoms with van der Waals surface area (Å²) in [6, 6.07) is 5.62. The minimum atomic E-state index is -0.252. The molecular weight excluding hydrogens is 294 g/mol. The third-order valence-electron chi connectivity index (χ3n) is 5.10. The van der Waals surface area contributed by atoms with Crippen molar-refractivity contribution >= 4 is 17.1 Å². The number of nitrogens with one attached hydrogen (secondary N) is 2.